The van der Waals surface area contributed by atoms with Crippen molar-refractivity contribution in [2.24, 2.45) is 5.92 Å². The highest BCUT2D eigenvalue weighted by Crippen LogP contribution is 2.28. The van der Waals surface area contributed by atoms with Crippen LogP contribution in [0.1, 0.15) is 25.0 Å². The van der Waals surface area contributed by atoms with E-state index in [1.165, 1.54) is 0 Å². The minimum absolute atomic E-state index is 0.111. The van der Waals surface area contributed by atoms with Crippen molar-refractivity contribution in [2.45, 2.75) is 31.8 Å². The van der Waals surface area contributed by atoms with Crippen LogP contribution in [0.4, 0.5) is 0 Å². The number of halogens is 1. The largest absolute Gasteiger partial charge is 0.393 e. The van der Waals surface area contributed by atoms with Crippen LogP contribution < -0.4 is 0 Å². The van der Waals surface area contributed by atoms with E-state index in [4.69, 9.17) is 0 Å². The second-order valence-electron chi connectivity index (χ2n) is 3.93. The Morgan fingerprint density at radius 1 is 1.43 bits per heavy atom. The number of nitrogens with zero attached hydrogens (tertiary/aromatic N) is 1. The maximum atomic E-state index is 9.67. The quantitative estimate of drug-likeness (QED) is 0.882. The first-order valence-corrected chi connectivity index (χ1v) is 5.83. The molecule has 2 nitrogen and oxygen atoms in total. The molecule has 0 aliphatic heterocycles. The summed E-state index contributed by atoms with van der Waals surface area (Å²) in [4.78, 5) is 4.32. The van der Waals surface area contributed by atoms with Gasteiger partial charge in [0.05, 0.1) is 6.10 Å². The summed E-state index contributed by atoms with van der Waals surface area (Å²) >= 11 is 3.36. The van der Waals surface area contributed by atoms with Crippen LogP contribution in [0.25, 0.3) is 0 Å². The zero-order valence-corrected chi connectivity index (χ0v) is 9.57. The number of pyridine rings is 1. The van der Waals surface area contributed by atoms with E-state index in [1.807, 2.05) is 18.3 Å². The van der Waals surface area contributed by atoms with Gasteiger partial charge in [-0.05, 0) is 53.2 Å². The molecule has 0 bridgehead atoms. The SMILES string of the molecule is OC1CCCC1Cc1ccc(Br)cn1. The number of rotatable bonds is 2. The Hall–Kier alpha value is -0.410. The summed E-state index contributed by atoms with van der Waals surface area (Å²) in [7, 11) is 0. The summed E-state index contributed by atoms with van der Waals surface area (Å²) in [6.07, 6.45) is 5.87. The van der Waals surface area contributed by atoms with Gasteiger partial charge in [0, 0.05) is 16.4 Å². The van der Waals surface area contributed by atoms with Crippen molar-refractivity contribution in [3.05, 3.63) is 28.5 Å². The number of hydrogen-bond acceptors (Lipinski definition) is 2. The van der Waals surface area contributed by atoms with Gasteiger partial charge in [0.15, 0.2) is 0 Å². The lowest BCUT2D eigenvalue weighted by molar-refractivity contribution is 0.132. The monoisotopic (exact) mass is 255 g/mol. The smallest absolute Gasteiger partial charge is 0.0572 e. The molecule has 1 N–H and O–H groups in total. The molecule has 76 valence electrons. The molecular weight excluding hydrogens is 242 g/mol. The molecule has 0 spiro atoms. The van der Waals surface area contributed by atoms with Gasteiger partial charge in [-0.1, -0.05) is 6.42 Å². The molecular formula is C11H14BrNO. The highest BCUT2D eigenvalue weighted by atomic mass is 79.9. The molecule has 1 saturated carbocycles. The van der Waals surface area contributed by atoms with Crippen molar-refractivity contribution >= 4 is 15.9 Å². The third-order valence-corrected chi connectivity index (χ3v) is 3.35. The Labute approximate surface area is 92.5 Å². The van der Waals surface area contributed by atoms with Crippen molar-refractivity contribution in [1.29, 1.82) is 0 Å². The van der Waals surface area contributed by atoms with E-state index in [-0.39, 0.29) is 6.10 Å². The molecule has 0 radical (unpaired) electrons. The van der Waals surface area contributed by atoms with E-state index < -0.39 is 0 Å². The molecule has 14 heavy (non-hydrogen) atoms. The fourth-order valence-corrected chi connectivity index (χ4v) is 2.29. The topological polar surface area (TPSA) is 33.1 Å². The van der Waals surface area contributed by atoms with Crippen LogP contribution in [0, 0.1) is 5.92 Å². The van der Waals surface area contributed by atoms with Crippen molar-refractivity contribution in [3.8, 4) is 0 Å². The number of aromatic nitrogens is 1. The van der Waals surface area contributed by atoms with Crippen LogP contribution in [-0.4, -0.2) is 16.2 Å². The molecule has 1 aliphatic carbocycles. The van der Waals surface area contributed by atoms with E-state index in [2.05, 4.69) is 20.9 Å². The first-order valence-electron chi connectivity index (χ1n) is 5.04. The van der Waals surface area contributed by atoms with Crippen molar-refractivity contribution in [2.75, 3.05) is 0 Å². The van der Waals surface area contributed by atoms with Gasteiger partial charge in [-0.3, -0.25) is 4.98 Å². The summed E-state index contributed by atoms with van der Waals surface area (Å²) in [5.74, 6) is 0.420. The van der Waals surface area contributed by atoms with E-state index in [0.29, 0.717) is 5.92 Å². The molecule has 1 aromatic rings. The molecule has 0 amide bonds. The fourth-order valence-electron chi connectivity index (χ4n) is 2.05. The van der Waals surface area contributed by atoms with Gasteiger partial charge >= 0.3 is 0 Å². The Morgan fingerprint density at radius 3 is 2.86 bits per heavy atom. The molecule has 1 heterocycles. The molecule has 3 heteroatoms. The van der Waals surface area contributed by atoms with Gasteiger partial charge in [0.1, 0.15) is 0 Å². The summed E-state index contributed by atoms with van der Waals surface area (Å²) < 4.78 is 1.01. The first-order chi connectivity index (χ1) is 6.75. The number of aliphatic hydroxyl groups excluding tert-OH is 1. The van der Waals surface area contributed by atoms with E-state index in [1.54, 1.807) is 0 Å². The number of hydrogen-bond donors (Lipinski definition) is 1. The maximum absolute atomic E-state index is 9.67. The highest BCUT2D eigenvalue weighted by Gasteiger charge is 2.25. The molecule has 2 unspecified atom stereocenters. The second kappa shape index (κ2) is 4.41. The van der Waals surface area contributed by atoms with Gasteiger partial charge in [0.25, 0.3) is 0 Å². The summed E-state index contributed by atoms with van der Waals surface area (Å²) in [5, 5.41) is 9.67. The van der Waals surface area contributed by atoms with Gasteiger partial charge < -0.3 is 5.11 Å². The van der Waals surface area contributed by atoms with Gasteiger partial charge in [0.2, 0.25) is 0 Å². The Morgan fingerprint density at radius 2 is 2.29 bits per heavy atom. The van der Waals surface area contributed by atoms with Crippen molar-refractivity contribution < 1.29 is 5.11 Å². The third kappa shape index (κ3) is 2.34. The zero-order valence-electron chi connectivity index (χ0n) is 7.99. The molecule has 2 rings (SSSR count). The summed E-state index contributed by atoms with van der Waals surface area (Å²) in [6.45, 7) is 0. The van der Waals surface area contributed by atoms with Crippen molar-refractivity contribution in [3.63, 3.8) is 0 Å². The lowest BCUT2D eigenvalue weighted by Crippen LogP contribution is -2.15. The number of aliphatic hydroxyl groups is 1. The van der Waals surface area contributed by atoms with Crippen LogP contribution in [0.3, 0.4) is 0 Å². The molecule has 2 atom stereocenters. The molecule has 1 aliphatic rings. The van der Waals surface area contributed by atoms with E-state index >= 15 is 0 Å². The first kappa shape index (κ1) is 10.1. The van der Waals surface area contributed by atoms with Gasteiger partial charge in [-0.15, -0.1) is 0 Å². The Balaban J connectivity index is 2.00. The average molecular weight is 256 g/mol. The second-order valence-corrected chi connectivity index (χ2v) is 4.85. The van der Waals surface area contributed by atoms with Crippen LogP contribution in [0.2, 0.25) is 0 Å². The summed E-state index contributed by atoms with van der Waals surface area (Å²) in [6, 6.07) is 4.03. The van der Waals surface area contributed by atoms with Crippen LogP contribution in [0.5, 0.6) is 0 Å². The minimum Gasteiger partial charge on any atom is -0.393 e. The lowest BCUT2D eigenvalue weighted by Gasteiger charge is -2.13. The normalized spacial score (nSPS) is 26.7. The highest BCUT2D eigenvalue weighted by molar-refractivity contribution is 9.10. The molecule has 1 fully saturated rings. The predicted molar refractivity (Wildman–Crippen MR) is 59.0 cm³/mol. The third-order valence-electron chi connectivity index (χ3n) is 2.88. The average Bonchev–Trinajstić information content (AvgIpc) is 2.56. The predicted octanol–water partition coefficient (Wildman–Crippen LogP) is 2.55. The van der Waals surface area contributed by atoms with Crippen LogP contribution in [0.15, 0.2) is 22.8 Å². The fraction of sp³-hybridized carbons (Fsp3) is 0.545. The van der Waals surface area contributed by atoms with Crippen LogP contribution >= 0.6 is 15.9 Å². The Bertz CT molecular complexity index is 299. The van der Waals surface area contributed by atoms with Crippen LogP contribution in [-0.2, 0) is 6.42 Å². The minimum atomic E-state index is -0.111. The lowest BCUT2D eigenvalue weighted by atomic mass is 9.99. The standard InChI is InChI=1S/C11H14BrNO/c12-9-4-5-10(13-7-9)6-8-2-1-3-11(8)14/h4-5,7-8,11,14H,1-3,6H2. The molecule has 1 aromatic heterocycles. The van der Waals surface area contributed by atoms with E-state index in [9.17, 15) is 5.11 Å². The van der Waals surface area contributed by atoms with Crippen molar-refractivity contribution in [1.82, 2.24) is 4.98 Å². The maximum Gasteiger partial charge on any atom is 0.0572 e. The van der Waals surface area contributed by atoms with Gasteiger partial charge in [-0.25, -0.2) is 0 Å². The molecule has 0 saturated heterocycles. The Kier molecular flexibility index (Phi) is 3.19. The van der Waals surface area contributed by atoms with E-state index in [0.717, 1.165) is 35.8 Å². The zero-order chi connectivity index (χ0) is 9.97. The molecule has 0 aromatic carbocycles. The summed E-state index contributed by atoms with van der Waals surface area (Å²) in [5.41, 5.74) is 1.08. The van der Waals surface area contributed by atoms with Gasteiger partial charge in [-0.2, -0.15) is 0 Å².